The maximum absolute atomic E-state index is 12.2. The van der Waals surface area contributed by atoms with Gasteiger partial charge in [0.05, 0.1) is 18.1 Å². The van der Waals surface area contributed by atoms with Crippen molar-refractivity contribution in [1.82, 2.24) is 19.5 Å². The summed E-state index contributed by atoms with van der Waals surface area (Å²) in [6, 6.07) is 3.66. The Morgan fingerprint density at radius 3 is 2.50 bits per heavy atom. The molecule has 0 atom stereocenters. The molecule has 2 aliphatic rings. The fourth-order valence-corrected chi connectivity index (χ4v) is 3.27. The number of fused-ring (bicyclic) bond motifs is 2. The number of carboxylic acid groups (broad SMARTS) is 1. The lowest BCUT2D eigenvalue weighted by molar-refractivity contribution is -0.137. The molecule has 162 valence electrons. The Morgan fingerprint density at radius 1 is 1.13 bits per heavy atom. The van der Waals surface area contributed by atoms with Gasteiger partial charge in [0.1, 0.15) is 5.75 Å². The average molecular weight is 416 g/mol. The van der Waals surface area contributed by atoms with E-state index < -0.39 is 17.2 Å². The lowest BCUT2D eigenvalue weighted by atomic mass is 10.1. The topological polar surface area (TPSA) is 127 Å². The number of nitrogens with zero attached hydrogens (tertiary/aromatic N) is 3. The molecule has 1 aromatic carbocycles. The minimum Gasteiger partial charge on any atom is -0.496 e. The Labute approximate surface area is 174 Å². The van der Waals surface area contributed by atoms with Gasteiger partial charge in [-0.05, 0) is 31.4 Å². The number of carbonyl (C=O) groups is 1. The predicted octanol–water partition coefficient (Wildman–Crippen LogP) is 2.96. The second-order valence-corrected chi connectivity index (χ2v) is 6.68. The van der Waals surface area contributed by atoms with Gasteiger partial charge in [0.25, 0.3) is 5.56 Å². The molecule has 0 saturated carbocycles. The number of methoxy groups -OCH3 is 1. The van der Waals surface area contributed by atoms with E-state index in [1.165, 1.54) is 0 Å². The molecule has 2 aliphatic heterocycles. The zero-order valence-corrected chi connectivity index (χ0v) is 17.8. The summed E-state index contributed by atoms with van der Waals surface area (Å²) in [6.45, 7) is 6.41. The number of carboxylic acids is 1. The summed E-state index contributed by atoms with van der Waals surface area (Å²) in [5.74, 6) is 0.114. The van der Waals surface area contributed by atoms with E-state index in [1.807, 2.05) is 37.5 Å². The number of ether oxygens (including phenoxy) is 1. The van der Waals surface area contributed by atoms with Crippen molar-refractivity contribution in [3.05, 3.63) is 38.5 Å². The molecule has 0 unspecified atom stereocenters. The summed E-state index contributed by atoms with van der Waals surface area (Å²) < 4.78 is 7.21. The maximum Gasteiger partial charge on any atom is 0.349 e. The van der Waals surface area contributed by atoms with Crippen LogP contribution in [0, 0.1) is 6.92 Å². The van der Waals surface area contributed by atoms with E-state index in [2.05, 4.69) is 15.0 Å². The fourth-order valence-electron chi connectivity index (χ4n) is 3.27. The molecular weight excluding hydrogens is 388 g/mol. The monoisotopic (exact) mass is 416 g/mol. The number of rotatable bonds is 8. The fraction of sp³-hybridized carbons (Fsp3) is 0.476. The second-order valence-electron chi connectivity index (χ2n) is 6.68. The number of unbranched alkanes of at least 4 members (excludes halogenated alkanes) is 3. The van der Waals surface area contributed by atoms with E-state index in [4.69, 9.17) is 9.84 Å². The standard InChI is InChI=1S/C19H22N4O5.C2H6/c1-11-9-12-13(10-14(11)28-2)23(8-6-4-3-5-7-15(24)25)17-16(20-12)18(26)22-19(27)21-17;1-2/h9-10H,3-8H2,1-2H3,(H,24,25)(H,22,26,27);1-2H3. The number of benzene rings is 1. The summed E-state index contributed by atoms with van der Waals surface area (Å²) in [5.41, 5.74) is 1.04. The zero-order valence-electron chi connectivity index (χ0n) is 17.8. The molecule has 0 amide bonds. The molecule has 0 radical (unpaired) electrons. The number of nitrogens with one attached hydrogen (secondary N) is 1. The van der Waals surface area contributed by atoms with Crippen LogP contribution in [0.4, 0.5) is 0 Å². The maximum atomic E-state index is 12.2. The van der Waals surface area contributed by atoms with Gasteiger partial charge in [0.2, 0.25) is 0 Å². The Balaban J connectivity index is 0.00000155. The number of hydrogen-bond donors (Lipinski definition) is 2. The molecule has 3 rings (SSSR count). The third kappa shape index (κ3) is 5.22. The van der Waals surface area contributed by atoms with E-state index in [0.29, 0.717) is 24.2 Å². The van der Waals surface area contributed by atoms with Crippen molar-refractivity contribution in [2.45, 2.75) is 59.4 Å². The molecule has 0 saturated heterocycles. The minimum atomic E-state index is -0.797. The summed E-state index contributed by atoms with van der Waals surface area (Å²) >= 11 is 0. The summed E-state index contributed by atoms with van der Waals surface area (Å²) in [7, 11) is 1.58. The van der Waals surface area contributed by atoms with E-state index in [1.54, 1.807) is 7.11 Å². The highest BCUT2D eigenvalue weighted by atomic mass is 16.5. The van der Waals surface area contributed by atoms with Gasteiger partial charge in [-0.15, -0.1) is 0 Å². The molecule has 9 nitrogen and oxygen atoms in total. The van der Waals surface area contributed by atoms with Crippen molar-refractivity contribution in [2.24, 2.45) is 0 Å². The first-order valence-electron chi connectivity index (χ1n) is 10.1. The number of aryl methyl sites for hydroxylation is 2. The number of aromatic nitrogens is 4. The van der Waals surface area contributed by atoms with E-state index in [9.17, 15) is 14.4 Å². The molecule has 9 heteroatoms. The number of aliphatic carboxylic acids is 1. The zero-order chi connectivity index (χ0) is 22.3. The van der Waals surface area contributed by atoms with Crippen LogP contribution >= 0.6 is 0 Å². The SMILES string of the molecule is CC.COc1cc2c(cc1C)nc1c(=O)[nH]c(=O)nc-1n2CCCCCCC(=O)O. The highest BCUT2D eigenvalue weighted by molar-refractivity contribution is 5.82. The van der Waals surface area contributed by atoms with Crippen LogP contribution in [-0.2, 0) is 11.3 Å². The molecular formula is C21H28N4O5. The summed E-state index contributed by atoms with van der Waals surface area (Å²) in [4.78, 5) is 45.1. The van der Waals surface area contributed by atoms with Gasteiger partial charge in [-0.25, -0.2) is 9.78 Å². The van der Waals surface area contributed by atoms with Gasteiger partial charge in [-0.2, -0.15) is 4.98 Å². The smallest absolute Gasteiger partial charge is 0.349 e. The van der Waals surface area contributed by atoms with Gasteiger partial charge in [-0.1, -0.05) is 26.7 Å². The number of aromatic amines is 1. The Bertz CT molecular complexity index is 1100. The summed E-state index contributed by atoms with van der Waals surface area (Å²) in [6.07, 6.45) is 3.13. The van der Waals surface area contributed by atoms with Gasteiger partial charge < -0.3 is 14.4 Å². The van der Waals surface area contributed by atoms with Crippen LogP contribution in [0.2, 0.25) is 0 Å². The normalized spacial score (nSPS) is 10.7. The first-order chi connectivity index (χ1) is 14.4. The van der Waals surface area contributed by atoms with Gasteiger partial charge in [0.15, 0.2) is 11.5 Å². The van der Waals surface area contributed by atoms with Gasteiger partial charge >= 0.3 is 11.7 Å². The van der Waals surface area contributed by atoms with E-state index in [-0.39, 0.29) is 17.9 Å². The van der Waals surface area contributed by atoms with Crippen molar-refractivity contribution in [2.75, 3.05) is 7.11 Å². The van der Waals surface area contributed by atoms with Crippen LogP contribution in [0.1, 0.15) is 51.5 Å². The lowest BCUT2D eigenvalue weighted by Gasteiger charge is -2.18. The van der Waals surface area contributed by atoms with Crippen LogP contribution in [0.5, 0.6) is 5.75 Å². The van der Waals surface area contributed by atoms with Crippen LogP contribution in [0.15, 0.2) is 21.7 Å². The van der Waals surface area contributed by atoms with Crippen LogP contribution in [-0.4, -0.2) is 37.7 Å². The van der Waals surface area contributed by atoms with Gasteiger partial charge in [-0.3, -0.25) is 14.6 Å². The Hall–Kier alpha value is -3.23. The Kier molecular flexibility index (Phi) is 8.08. The van der Waals surface area contributed by atoms with Crippen molar-refractivity contribution in [3.63, 3.8) is 0 Å². The predicted molar refractivity (Wildman–Crippen MR) is 114 cm³/mol. The highest BCUT2D eigenvalue weighted by Gasteiger charge is 2.19. The molecule has 0 aromatic heterocycles. The molecule has 30 heavy (non-hydrogen) atoms. The van der Waals surface area contributed by atoms with Crippen LogP contribution in [0.25, 0.3) is 22.6 Å². The number of hydrogen-bond acceptors (Lipinski definition) is 6. The molecule has 0 fully saturated rings. The molecule has 1 aromatic rings. The Morgan fingerprint density at radius 2 is 1.83 bits per heavy atom. The first kappa shape index (κ1) is 23.1. The molecule has 0 spiro atoms. The van der Waals surface area contributed by atoms with Crippen molar-refractivity contribution in [3.8, 4) is 17.3 Å². The molecule has 2 N–H and O–H groups in total. The second kappa shape index (κ2) is 10.5. The van der Waals surface area contributed by atoms with Gasteiger partial charge in [0, 0.05) is 19.0 Å². The average Bonchev–Trinajstić information content (AvgIpc) is 2.71. The van der Waals surface area contributed by atoms with Crippen LogP contribution in [0.3, 0.4) is 0 Å². The van der Waals surface area contributed by atoms with Crippen molar-refractivity contribution >= 4 is 17.0 Å². The lowest BCUT2D eigenvalue weighted by Crippen LogP contribution is -2.29. The quantitative estimate of drug-likeness (QED) is 0.427. The van der Waals surface area contributed by atoms with E-state index in [0.717, 1.165) is 30.3 Å². The third-order valence-electron chi connectivity index (χ3n) is 4.65. The van der Waals surface area contributed by atoms with E-state index >= 15 is 0 Å². The first-order valence-corrected chi connectivity index (χ1v) is 10.1. The van der Waals surface area contributed by atoms with Crippen LogP contribution < -0.4 is 16.0 Å². The van der Waals surface area contributed by atoms with Crippen molar-refractivity contribution < 1.29 is 14.6 Å². The highest BCUT2D eigenvalue weighted by Crippen LogP contribution is 2.28. The third-order valence-corrected chi connectivity index (χ3v) is 4.65. The summed E-state index contributed by atoms with van der Waals surface area (Å²) in [5, 5.41) is 8.72. The largest absolute Gasteiger partial charge is 0.496 e. The molecule has 2 heterocycles. The molecule has 0 aliphatic carbocycles. The number of H-pyrrole nitrogens is 1. The minimum absolute atomic E-state index is 0.113. The van der Waals surface area contributed by atoms with Crippen molar-refractivity contribution in [1.29, 1.82) is 0 Å². The molecule has 0 bridgehead atoms.